The van der Waals surface area contributed by atoms with E-state index in [1.165, 1.54) is 13.0 Å². The van der Waals surface area contributed by atoms with E-state index in [-0.39, 0.29) is 28.1 Å². The minimum absolute atomic E-state index is 0.0254. The van der Waals surface area contributed by atoms with Crippen molar-refractivity contribution in [1.29, 1.82) is 0 Å². The van der Waals surface area contributed by atoms with Crippen molar-refractivity contribution in [3.8, 4) is 0 Å². The normalized spacial score (nSPS) is 10.7. The molecular formula is C12H8Cl2F2N2. The number of aryl methyl sites for hydroxylation is 1. The smallest absolute Gasteiger partial charge is 0.181 e. The second-order valence-electron chi connectivity index (χ2n) is 3.72. The lowest BCUT2D eigenvalue weighted by molar-refractivity contribution is 0.593. The Morgan fingerprint density at radius 1 is 1.11 bits per heavy atom. The van der Waals surface area contributed by atoms with E-state index in [9.17, 15) is 8.78 Å². The van der Waals surface area contributed by atoms with Crippen molar-refractivity contribution in [3.63, 3.8) is 0 Å². The maximum absolute atomic E-state index is 13.7. The Morgan fingerprint density at radius 2 is 1.83 bits per heavy atom. The molecule has 0 aliphatic rings. The lowest BCUT2D eigenvalue weighted by Crippen LogP contribution is -2.03. The molecule has 2 aromatic rings. The number of hydrogen-bond acceptors (Lipinski definition) is 2. The molecule has 2 rings (SSSR count). The van der Waals surface area contributed by atoms with Gasteiger partial charge in [0.25, 0.3) is 0 Å². The highest BCUT2D eigenvalue weighted by molar-refractivity contribution is 6.30. The van der Waals surface area contributed by atoms with Gasteiger partial charge in [-0.2, -0.15) is 0 Å². The van der Waals surface area contributed by atoms with Crippen molar-refractivity contribution in [2.24, 2.45) is 0 Å². The molecule has 6 heteroatoms. The zero-order valence-electron chi connectivity index (χ0n) is 9.35. The second kappa shape index (κ2) is 5.16. The second-order valence-corrected chi connectivity index (χ2v) is 4.48. The van der Waals surface area contributed by atoms with Gasteiger partial charge in [0.1, 0.15) is 11.6 Å². The van der Waals surface area contributed by atoms with E-state index in [4.69, 9.17) is 23.2 Å². The SMILES string of the molecule is Cc1nc(Cc2cccc(Cl)c2F)nc(Cl)c1F. The molecule has 0 fully saturated rings. The Kier molecular flexibility index (Phi) is 3.78. The van der Waals surface area contributed by atoms with E-state index < -0.39 is 11.6 Å². The van der Waals surface area contributed by atoms with E-state index in [1.54, 1.807) is 12.1 Å². The van der Waals surface area contributed by atoms with Crippen LogP contribution in [0, 0.1) is 18.6 Å². The van der Waals surface area contributed by atoms with Crippen molar-refractivity contribution < 1.29 is 8.78 Å². The number of halogens is 4. The molecule has 94 valence electrons. The maximum Gasteiger partial charge on any atom is 0.181 e. The molecule has 0 amide bonds. The van der Waals surface area contributed by atoms with Crippen LogP contribution in [0.2, 0.25) is 10.2 Å². The van der Waals surface area contributed by atoms with Crippen molar-refractivity contribution in [3.05, 3.63) is 57.1 Å². The standard InChI is InChI=1S/C12H8Cl2F2N2/c1-6-10(15)12(14)18-9(17-6)5-7-3-2-4-8(13)11(7)16/h2-4H,5H2,1H3. The summed E-state index contributed by atoms with van der Waals surface area (Å²) in [6.07, 6.45) is 0.104. The molecule has 0 saturated carbocycles. The first-order valence-electron chi connectivity index (χ1n) is 5.10. The lowest BCUT2D eigenvalue weighted by atomic mass is 10.1. The van der Waals surface area contributed by atoms with Gasteiger partial charge in [0.15, 0.2) is 11.0 Å². The Hall–Kier alpha value is -1.26. The third kappa shape index (κ3) is 2.60. The molecule has 1 aromatic heterocycles. The predicted octanol–water partition coefficient (Wildman–Crippen LogP) is 3.96. The fourth-order valence-electron chi connectivity index (χ4n) is 1.51. The zero-order valence-corrected chi connectivity index (χ0v) is 10.9. The number of hydrogen-bond donors (Lipinski definition) is 0. The highest BCUT2D eigenvalue weighted by atomic mass is 35.5. The Labute approximate surface area is 113 Å². The first kappa shape index (κ1) is 13.2. The molecule has 2 nitrogen and oxygen atoms in total. The molecular weight excluding hydrogens is 281 g/mol. The van der Waals surface area contributed by atoms with Gasteiger partial charge in [0.05, 0.1) is 10.7 Å². The Balaban J connectivity index is 2.37. The van der Waals surface area contributed by atoms with Gasteiger partial charge < -0.3 is 0 Å². The molecule has 0 saturated heterocycles. The molecule has 1 heterocycles. The highest BCUT2D eigenvalue weighted by Crippen LogP contribution is 2.21. The van der Waals surface area contributed by atoms with Gasteiger partial charge in [0, 0.05) is 6.42 Å². The molecule has 1 aromatic carbocycles. The van der Waals surface area contributed by atoms with Gasteiger partial charge >= 0.3 is 0 Å². The summed E-state index contributed by atoms with van der Waals surface area (Å²) in [6, 6.07) is 4.64. The van der Waals surface area contributed by atoms with Crippen LogP contribution in [0.3, 0.4) is 0 Å². The number of rotatable bonds is 2. The van der Waals surface area contributed by atoms with E-state index >= 15 is 0 Å². The van der Waals surface area contributed by atoms with Crippen LogP contribution in [0.1, 0.15) is 17.1 Å². The van der Waals surface area contributed by atoms with Crippen LogP contribution in [0.15, 0.2) is 18.2 Å². The van der Waals surface area contributed by atoms with E-state index in [0.717, 1.165) is 0 Å². The van der Waals surface area contributed by atoms with Crippen molar-refractivity contribution in [1.82, 2.24) is 9.97 Å². The van der Waals surface area contributed by atoms with Crippen LogP contribution in [0.4, 0.5) is 8.78 Å². The highest BCUT2D eigenvalue weighted by Gasteiger charge is 2.12. The van der Waals surface area contributed by atoms with Crippen molar-refractivity contribution in [2.45, 2.75) is 13.3 Å². The average molecular weight is 289 g/mol. The van der Waals surface area contributed by atoms with Crippen LogP contribution in [-0.4, -0.2) is 9.97 Å². The largest absolute Gasteiger partial charge is 0.235 e. The minimum atomic E-state index is -0.660. The fourth-order valence-corrected chi connectivity index (χ4v) is 1.94. The molecule has 0 atom stereocenters. The number of aromatic nitrogens is 2. The van der Waals surface area contributed by atoms with E-state index in [2.05, 4.69) is 9.97 Å². The summed E-state index contributed by atoms with van der Waals surface area (Å²) < 4.78 is 26.9. The monoisotopic (exact) mass is 288 g/mol. The van der Waals surface area contributed by atoms with Crippen molar-refractivity contribution in [2.75, 3.05) is 0 Å². The van der Waals surface area contributed by atoms with Gasteiger partial charge in [-0.25, -0.2) is 18.7 Å². The van der Waals surface area contributed by atoms with Crippen LogP contribution in [0.25, 0.3) is 0 Å². The molecule has 0 bridgehead atoms. The molecule has 0 N–H and O–H groups in total. The van der Waals surface area contributed by atoms with E-state index in [1.807, 2.05) is 0 Å². The molecule has 0 radical (unpaired) electrons. The maximum atomic E-state index is 13.7. The Morgan fingerprint density at radius 3 is 2.50 bits per heavy atom. The fraction of sp³-hybridized carbons (Fsp3) is 0.167. The first-order valence-corrected chi connectivity index (χ1v) is 5.86. The molecule has 0 unspecified atom stereocenters. The zero-order chi connectivity index (χ0) is 13.3. The third-order valence-electron chi connectivity index (χ3n) is 2.40. The summed E-state index contributed by atoms with van der Waals surface area (Å²) in [5.74, 6) is -0.937. The topological polar surface area (TPSA) is 25.8 Å². The molecule has 0 spiro atoms. The van der Waals surface area contributed by atoms with Gasteiger partial charge in [-0.3, -0.25) is 0 Å². The average Bonchev–Trinajstić information content (AvgIpc) is 2.32. The molecule has 0 aliphatic heterocycles. The summed E-state index contributed by atoms with van der Waals surface area (Å²) in [7, 11) is 0. The summed E-state index contributed by atoms with van der Waals surface area (Å²) in [6.45, 7) is 1.47. The van der Waals surface area contributed by atoms with Crippen LogP contribution < -0.4 is 0 Å². The Bertz CT molecular complexity index is 580. The molecule has 0 aliphatic carbocycles. The van der Waals surface area contributed by atoms with E-state index in [0.29, 0.717) is 5.56 Å². The van der Waals surface area contributed by atoms with Crippen LogP contribution >= 0.6 is 23.2 Å². The molecule has 18 heavy (non-hydrogen) atoms. The van der Waals surface area contributed by atoms with Gasteiger partial charge in [-0.05, 0) is 18.6 Å². The van der Waals surface area contributed by atoms with Crippen molar-refractivity contribution >= 4 is 23.2 Å². The summed E-state index contributed by atoms with van der Waals surface area (Å²) in [4.78, 5) is 7.69. The van der Waals surface area contributed by atoms with Crippen LogP contribution in [0.5, 0.6) is 0 Å². The quantitative estimate of drug-likeness (QED) is 0.782. The van der Waals surface area contributed by atoms with Gasteiger partial charge in [0.2, 0.25) is 0 Å². The van der Waals surface area contributed by atoms with Crippen LogP contribution in [-0.2, 0) is 6.42 Å². The predicted molar refractivity (Wildman–Crippen MR) is 66.0 cm³/mol. The summed E-state index contributed by atoms with van der Waals surface area (Å²) in [5, 5.41) is -0.239. The summed E-state index contributed by atoms with van der Waals surface area (Å²) >= 11 is 11.3. The lowest BCUT2D eigenvalue weighted by Gasteiger charge is -2.06. The third-order valence-corrected chi connectivity index (χ3v) is 2.95. The van der Waals surface area contributed by atoms with Gasteiger partial charge in [-0.15, -0.1) is 0 Å². The van der Waals surface area contributed by atoms with Gasteiger partial charge in [-0.1, -0.05) is 35.3 Å². The number of benzene rings is 1. The minimum Gasteiger partial charge on any atom is -0.235 e. The number of nitrogens with zero attached hydrogens (tertiary/aromatic N) is 2. The first-order chi connectivity index (χ1) is 8.49. The summed E-state index contributed by atoms with van der Waals surface area (Å²) in [5.41, 5.74) is 0.469.